The Morgan fingerprint density at radius 3 is 2.82 bits per heavy atom. The average molecular weight is 294 g/mol. The molecule has 1 aromatic rings. The van der Waals surface area contributed by atoms with E-state index < -0.39 is 10.0 Å². The smallest absolute Gasteiger partial charge is 0.210 e. The molecule has 3 nitrogen and oxygen atoms in total. The first-order valence-electron chi connectivity index (χ1n) is 5.77. The van der Waals surface area contributed by atoms with Crippen molar-refractivity contribution in [3.63, 3.8) is 0 Å². The van der Waals surface area contributed by atoms with E-state index in [2.05, 4.69) is 4.72 Å². The number of hydrogen-bond acceptors (Lipinski definition) is 3. The normalized spacial score (nSPS) is 25.9. The average Bonchev–Trinajstić information content (AvgIpc) is 2.82. The number of halogens is 1. The third-order valence-corrected chi connectivity index (χ3v) is 6.51. The summed E-state index contributed by atoms with van der Waals surface area (Å²) in [5.41, 5.74) is 0. The highest BCUT2D eigenvalue weighted by molar-refractivity contribution is 7.91. The molecule has 1 heterocycles. The fourth-order valence-electron chi connectivity index (χ4n) is 2.10. The Bertz CT molecular complexity index is 444. The zero-order chi connectivity index (χ0) is 12.3. The second kappa shape index (κ2) is 5.69. The van der Waals surface area contributed by atoms with Crippen molar-refractivity contribution in [2.45, 2.75) is 35.3 Å². The molecule has 0 aliphatic heterocycles. The van der Waals surface area contributed by atoms with Crippen molar-refractivity contribution in [3.05, 3.63) is 17.5 Å². The summed E-state index contributed by atoms with van der Waals surface area (Å²) in [4.78, 5) is 0. The minimum Gasteiger partial charge on any atom is -0.210 e. The molecule has 1 aromatic heterocycles. The van der Waals surface area contributed by atoms with Gasteiger partial charge >= 0.3 is 0 Å². The lowest BCUT2D eigenvalue weighted by Gasteiger charge is -2.26. The molecule has 0 aromatic carbocycles. The molecule has 1 aliphatic rings. The quantitative estimate of drug-likeness (QED) is 0.868. The van der Waals surface area contributed by atoms with Crippen LogP contribution in [0.25, 0.3) is 0 Å². The van der Waals surface area contributed by atoms with Gasteiger partial charge in [0, 0.05) is 11.9 Å². The molecular weight excluding hydrogens is 278 g/mol. The molecule has 1 saturated carbocycles. The molecule has 96 valence electrons. The number of rotatable bonds is 4. The lowest BCUT2D eigenvalue weighted by atomic mass is 9.89. The minimum atomic E-state index is -3.33. The Morgan fingerprint density at radius 1 is 1.41 bits per heavy atom. The molecule has 2 atom stereocenters. The van der Waals surface area contributed by atoms with Crippen molar-refractivity contribution < 1.29 is 8.42 Å². The van der Waals surface area contributed by atoms with Crippen LogP contribution in [0.1, 0.15) is 25.7 Å². The second-order valence-electron chi connectivity index (χ2n) is 4.34. The predicted octanol–water partition coefficient (Wildman–Crippen LogP) is 2.82. The summed E-state index contributed by atoms with van der Waals surface area (Å²) in [7, 11) is -3.33. The summed E-state index contributed by atoms with van der Waals surface area (Å²) >= 11 is 7.44. The molecule has 2 unspecified atom stereocenters. The monoisotopic (exact) mass is 293 g/mol. The lowest BCUT2D eigenvalue weighted by Crippen LogP contribution is -2.34. The van der Waals surface area contributed by atoms with Gasteiger partial charge in [-0.3, -0.25) is 0 Å². The van der Waals surface area contributed by atoms with Crippen molar-refractivity contribution in [3.8, 4) is 0 Å². The van der Waals surface area contributed by atoms with Crippen molar-refractivity contribution in [2.75, 3.05) is 6.54 Å². The third-order valence-electron chi connectivity index (χ3n) is 3.11. The summed E-state index contributed by atoms with van der Waals surface area (Å²) in [6, 6.07) is 3.36. The van der Waals surface area contributed by atoms with E-state index in [1.54, 1.807) is 17.5 Å². The van der Waals surface area contributed by atoms with Gasteiger partial charge in [0.15, 0.2) is 0 Å². The van der Waals surface area contributed by atoms with Crippen molar-refractivity contribution in [1.82, 2.24) is 4.72 Å². The standard InChI is InChI=1S/C11H16ClNO2S2/c12-10-5-2-1-4-9(10)8-13-17(14,15)11-6-3-7-16-11/h3,6-7,9-10,13H,1-2,4-5,8H2. The van der Waals surface area contributed by atoms with Crippen LogP contribution < -0.4 is 4.72 Å². The molecule has 0 bridgehead atoms. The van der Waals surface area contributed by atoms with Crippen LogP contribution in [-0.2, 0) is 10.0 Å². The highest BCUT2D eigenvalue weighted by Gasteiger charge is 2.25. The maximum Gasteiger partial charge on any atom is 0.250 e. The van der Waals surface area contributed by atoms with Gasteiger partial charge in [0.2, 0.25) is 10.0 Å². The molecular formula is C11H16ClNO2S2. The summed E-state index contributed by atoms with van der Waals surface area (Å²) in [5, 5.41) is 1.87. The molecule has 2 rings (SSSR count). The topological polar surface area (TPSA) is 46.2 Å². The molecule has 17 heavy (non-hydrogen) atoms. The van der Waals surface area contributed by atoms with E-state index in [-0.39, 0.29) is 11.3 Å². The molecule has 0 amide bonds. The largest absolute Gasteiger partial charge is 0.250 e. The van der Waals surface area contributed by atoms with Crippen LogP contribution in [0.15, 0.2) is 21.7 Å². The van der Waals surface area contributed by atoms with Crippen LogP contribution in [0.5, 0.6) is 0 Å². The van der Waals surface area contributed by atoms with Gasteiger partial charge in [-0.2, -0.15) is 0 Å². The fourth-order valence-corrected chi connectivity index (χ4v) is 4.60. The molecule has 1 aliphatic carbocycles. The minimum absolute atomic E-state index is 0.106. The predicted molar refractivity (Wildman–Crippen MR) is 71.1 cm³/mol. The van der Waals surface area contributed by atoms with Crippen LogP contribution in [0.3, 0.4) is 0 Å². The van der Waals surface area contributed by atoms with E-state index in [9.17, 15) is 8.42 Å². The third kappa shape index (κ3) is 3.44. The molecule has 0 spiro atoms. The van der Waals surface area contributed by atoms with Gasteiger partial charge in [0.05, 0.1) is 0 Å². The van der Waals surface area contributed by atoms with Gasteiger partial charge < -0.3 is 0 Å². The van der Waals surface area contributed by atoms with Crippen molar-refractivity contribution in [2.24, 2.45) is 5.92 Å². The van der Waals surface area contributed by atoms with Crippen LogP contribution in [0.4, 0.5) is 0 Å². The Balaban J connectivity index is 1.93. The van der Waals surface area contributed by atoms with Gasteiger partial charge in [-0.05, 0) is 30.2 Å². The first-order valence-corrected chi connectivity index (χ1v) is 8.57. The number of nitrogens with one attached hydrogen (secondary N) is 1. The lowest BCUT2D eigenvalue weighted by molar-refractivity contribution is 0.364. The zero-order valence-corrected chi connectivity index (χ0v) is 11.8. The highest BCUT2D eigenvalue weighted by atomic mass is 35.5. The van der Waals surface area contributed by atoms with Crippen molar-refractivity contribution >= 4 is 33.0 Å². The molecule has 1 N–H and O–H groups in total. The van der Waals surface area contributed by atoms with Crippen molar-refractivity contribution in [1.29, 1.82) is 0 Å². The van der Waals surface area contributed by atoms with E-state index in [1.165, 1.54) is 11.3 Å². The van der Waals surface area contributed by atoms with Crippen LogP contribution >= 0.6 is 22.9 Å². The summed E-state index contributed by atoms with van der Waals surface area (Å²) < 4.78 is 26.8. The van der Waals surface area contributed by atoms with E-state index in [0.717, 1.165) is 25.7 Å². The van der Waals surface area contributed by atoms with Gasteiger partial charge in [-0.15, -0.1) is 22.9 Å². The Labute approximate surface area is 111 Å². The molecule has 0 saturated heterocycles. The maximum absolute atomic E-state index is 11.9. The molecule has 1 fully saturated rings. The van der Waals surface area contributed by atoms with Gasteiger partial charge in [0.1, 0.15) is 4.21 Å². The zero-order valence-electron chi connectivity index (χ0n) is 9.43. The van der Waals surface area contributed by atoms with E-state index in [4.69, 9.17) is 11.6 Å². The Kier molecular flexibility index (Phi) is 4.47. The highest BCUT2D eigenvalue weighted by Crippen LogP contribution is 2.28. The van der Waals surface area contributed by atoms with E-state index in [0.29, 0.717) is 10.8 Å². The summed E-state index contributed by atoms with van der Waals surface area (Å²) in [6.07, 6.45) is 4.31. The Hall–Kier alpha value is -0.100. The number of thiophene rings is 1. The first kappa shape index (κ1) is 13.3. The summed E-state index contributed by atoms with van der Waals surface area (Å²) in [5.74, 6) is 0.264. The first-order chi connectivity index (χ1) is 8.09. The number of hydrogen-bond donors (Lipinski definition) is 1. The van der Waals surface area contributed by atoms with Crippen LogP contribution in [0, 0.1) is 5.92 Å². The second-order valence-corrected chi connectivity index (χ2v) is 7.85. The fraction of sp³-hybridized carbons (Fsp3) is 0.636. The van der Waals surface area contributed by atoms with E-state index >= 15 is 0 Å². The van der Waals surface area contributed by atoms with Crippen LogP contribution in [-0.4, -0.2) is 20.3 Å². The molecule has 0 radical (unpaired) electrons. The van der Waals surface area contributed by atoms with Crippen LogP contribution in [0.2, 0.25) is 0 Å². The van der Waals surface area contributed by atoms with Gasteiger partial charge in [0.25, 0.3) is 0 Å². The molecule has 6 heteroatoms. The Morgan fingerprint density at radius 2 is 2.18 bits per heavy atom. The number of sulfonamides is 1. The van der Waals surface area contributed by atoms with Gasteiger partial charge in [-0.1, -0.05) is 18.9 Å². The maximum atomic E-state index is 11.9. The summed E-state index contributed by atoms with van der Waals surface area (Å²) in [6.45, 7) is 0.453. The van der Waals surface area contributed by atoms with Gasteiger partial charge in [-0.25, -0.2) is 13.1 Å². The van der Waals surface area contributed by atoms with E-state index in [1.807, 2.05) is 0 Å². The number of alkyl halides is 1. The SMILES string of the molecule is O=S(=O)(NCC1CCCCC1Cl)c1cccs1.